The minimum Gasteiger partial charge on any atom is -0.492 e. The van der Waals surface area contributed by atoms with E-state index in [0.29, 0.717) is 5.92 Å². The van der Waals surface area contributed by atoms with Crippen molar-refractivity contribution in [3.05, 3.63) is 65.1 Å². The van der Waals surface area contributed by atoms with Crippen molar-refractivity contribution in [2.45, 2.75) is 58.1 Å². The molecule has 2 unspecified atom stereocenters. The third-order valence-corrected chi connectivity index (χ3v) is 5.46. The van der Waals surface area contributed by atoms with Gasteiger partial charge in [-0.2, -0.15) is 0 Å². The van der Waals surface area contributed by atoms with Crippen LogP contribution in [0.1, 0.15) is 51.5 Å². The van der Waals surface area contributed by atoms with E-state index in [2.05, 4.69) is 61.8 Å². The predicted molar refractivity (Wildman–Crippen MR) is 99.2 cm³/mol. The Bertz CT molecular complexity index is 678. The first kappa shape index (κ1) is 15.6. The van der Waals surface area contributed by atoms with E-state index in [0.717, 1.165) is 12.8 Å². The van der Waals surface area contributed by atoms with Crippen molar-refractivity contribution < 1.29 is 4.74 Å². The average molecular weight is 321 g/mol. The third kappa shape index (κ3) is 2.90. The normalized spacial score (nSPS) is 26.5. The second kappa shape index (κ2) is 6.51. The smallest absolute Gasteiger partial charge is 0.126 e. The van der Waals surface area contributed by atoms with Gasteiger partial charge >= 0.3 is 0 Å². The van der Waals surface area contributed by atoms with Crippen molar-refractivity contribution in [1.29, 1.82) is 0 Å². The highest BCUT2D eigenvalue weighted by Crippen LogP contribution is 2.39. The molecule has 0 radical (unpaired) electrons. The Morgan fingerprint density at radius 1 is 1.08 bits per heavy atom. The summed E-state index contributed by atoms with van der Waals surface area (Å²) in [4.78, 5) is 0. The Balaban J connectivity index is 1.59. The Morgan fingerprint density at radius 3 is 2.62 bits per heavy atom. The van der Waals surface area contributed by atoms with E-state index < -0.39 is 0 Å². The summed E-state index contributed by atoms with van der Waals surface area (Å²) in [5, 5.41) is 3.61. The van der Waals surface area contributed by atoms with Gasteiger partial charge in [-0.05, 0) is 47.5 Å². The first-order valence-corrected chi connectivity index (χ1v) is 9.33. The van der Waals surface area contributed by atoms with Crippen molar-refractivity contribution in [3.63, 3.8) is 0 Å². The lowest BCUT2D eigenvalue weighted by Gasteiger charge is -2.29. The lowest BCUT2D eigenvalue weighted by Crippen LogP contribution is -2.38. The molecule has 2 nitrogen and oxygen atoms in total. The molecule has 0 fully saturated rings. The van der Waals surface area contributed by atoms with Gasteiger partial charge in [0, 0.05) is 19.0 Å². The summed E-state index contributed by atoms with van der Waals surface area (Å²) in [6, 6.07) is 11.0. The minimum atomic E-state index is 0.247. The van der Waals surface area contributed by atoms with Gasteiger partial charge in [0.05, 0.1) is 11.8 Å². The maximum atomic E-state index is 6.33. The zero-order chi connectivity index (χ0) is 16.5. The average Bonchev–Trinajstić information content (AvgIpc) is 3.06. The quantitative estimate of drug-likeness (QED) is 0.826. The van der Waals surface area contributed by atoms with E-state index in [9.17, 15) is 0 Å². The number of rotatable bonds is 3. The molecule has 1 aromatic carbocycles. The van der Waals surface area contributed by atoms with Gasteiger partial charge in [-0.15, -0.1) is 0 Å². The van der Waals surface area contributed by atoms with Gasteiger partial charge in [0.1, 0.15) is 6.10 Å². The molecule has 0 amide bonds. The van der Waals surface area contributed by atoms with Gasteiger partial charge in [-0.3, -0.25) is 0 Å². The highest BCUT2D eigenvalue weighted by Gasteiger charge is 2.33. The van der Waals surface area contributed by atoms with Crippen molar-refractivity contribution >= 4 is 5.57 Å². The predicted octanol–water partition coefficient (Wildman–Crippen LogP) is 5.20. The molecule has 0 bridgehead atoms. The van der Waals surface area contributed by atoms with E-state index in [1.54, 1.807) is 5.57 Å². The van der Waals surface area contributed by atoms with Crippen LogP contribution in [0, 0.1) is 5.92 Å². The fourth-order valence-corrected chi connectivity index (χ4v) is 4.13. The van der Waals surface area contributed by atoms with Crippen LogP contribution < -0.4 is 5.32 Å². The van der Waals surface area contributed by atoms with Gasteiger partial charge < -0.3 is 10.1 Å². The molecule has 2 atom stereocenters. The number of dihydropyridines is 1. The number of nitrogens with one attached hydrogen (secondary N) is 1. The first-order valence-electron chi connectivity index (χ1n) is 9.33. The fraction of sp³-hybridized carbons (Fsp3) is 0.455. The molecule has 24 heavy (non-hydrogen) atoms. The second-order valence-electron chi connectivity index (χ2n) is 7.49. The summed E-state index contributed by atoms with van der Waals surface area (Å²) in [7, 11) is 0. The molecule has 1 N–H and O–H groups in total. The molecule has 0 aromatic heterocycles. The maximum Gasteiger partial charge on any atom is 0.126 e. The van der Waals surface area contributed by atoms with Crippen LogP contribution in [0.3, 0.4) is 0 Å². The summed E-state index contributed by atoms with van der Waals surface area (Å²) in [5.74, 6) is 1.79. The summed E-state index contributed by atoms with van der Waals surface area (Å²) < 4.78 is 6.33. The van der Waals surface area contributed by atoms with Crippen molar-refractivity contribution in [2.24, 2.45) is 5.92 Å². The summed E-state index contributed by atoms with van der Waals surface area (Å²) in [5.41, 5.74) is 5.62. The SMILES string of the molecule is CC(C)C1=CNC(C2CC3=C(CCCC3)O2)C=C1c1ccccc1. The fourth-order valence-electron chi connectivity index (χ4n) is 4.13. The Hall–Kier alpha value is -1.96. The van der Waals surface area contributed by atoms with Crippen LogP contribution in [0.4, 0.5) is 0 Å². The first-order chi connectivity index (χ1) is 11.7. The van der Waals surface area contributed by atoms with Gasteiger partial charge in [-0.25, -0.2) is 0 Å². The largest absolute Gasteiger partial charge is 0.492 e. The topological polar surface area (TPSA) is 21.3 Å². The van der Waals surface area contributed by atoms with E-state index in [1.807, 2.05) is 0 Å². The molecule has 3 aliphatic rings. The molecule has 0 saturated heterocycles. The summed E-state index contributed by atoms with van der Waals surface area (Å²) >= 11 is 0. The molecular formula is C22H27NO. The highest BCUT2D eigenvalue weighted by molar-refractivity contribution is 5.80. The molecule has 126 valence electrons. The standard InChI is InChI=1S/C22H27NO/c1-15(2)19-14-23-20(13-18(19)16-8-4-3-5-9-16)22-12-17-10-6-7-11-21(17)24-22/h3-5,8-9,13-15,20,22-23H,6-7,10-12H2,1-2H3. The molecular weight excluding hydrogens is 294 g/mol. The van der Waals surface area contributed by atoms with Gasteiger partial charge in [0.2, 0.25) is 0 Å². The number of allylic oxidation sites excluding steroid dienone is 3. The third-order valence-electron chi connectivity index (χ3n) is 5.46. The van der Waals surface area contributed by atoms with Crippen LogP contribution in [0.2, 0.25) is 0 Å². The summed E-state index contributed by atoms with van der Waals surface area (Å²) in [6.45, 7) is 4.52. The maximum absolute atomic E-state index is 6.33. The lowest BCUT2D eigenvalue weighted by atomic mass is 9.86. The Morgan fingerprint density at radius 2 is 1.88 bits per heavy atom. The van der Waals surface area contributed by atoms with Crippen LogP contribution in [0.5, 0.6) is 0 Å². The monoisotopic (exact) mass is 321 g/mol. The Labute approximate surface area is 145 Å². The van der Waals surface area contributed by atoms with Crippen molar-refractivity contribution in [1.82, 2.24) is 5.32 Å². The van der Waals surface area contributed by atoms with Crippen LogP contribution in [0.25, 0.3) is 5.57 Å². The molecule has 2 heteroatoms. The number of hydrogen-bond acceptors (Lipinski definition) is 2. The molecule has 4 rings (SSSR count). The Kier molecular flexibility index (Phi) is 4.22. The zero-order valence-electron chi connectivity index (χ0n) is 14.7. The van der Waals surface area contributed by atoms with E-state index >= 15 is 0 Å². The molecule has 0 spiro atoms. The van der Waals surface area contributed by atoms with E-state index in [-0.39, 0.29) is 12.1 Å². The molecule has 2 heterocycles. The van der Waals surface area contributed by atoms with Gasteiger partial charge in [-0.1, -0.05) is 50.3 Å². The summed E-state index contributed by atoms with van der Waals surface area (Å²) in [6.07, 6.45) is 10.9. The molecule has 1 aromatic rings. The van der Waals surface area contributed by atoms with Crippen LogP contribution in [-0.2, 0) is 4.74 Å². The molecule has 1 aliphatic carbocycles. The van der Waals surface area contributed by atoms with Gasteiger partial charge in [0.15, 0.2) is 0 Å². The number of ether oxygens (including phenoxy) is 1. The van der Waals surface area contributed by atoms with Crippen LogP contribution in [-0.4, -0.2) is 12.1 Å². The van der Waals surface area contributed by atoms with Crippen molar-refractivity contribution in [3.8, 4) is 0 Å². The van der Waals surface area contributed by atoms with Crippen LogP contribution in [0.15, 0.2) is 59.5 Å². The van der Waals surface area contributed by atoms with Crippen molar-refractivity contribution in [2.75, 3.05) is 0 Å². The lowest BCUT2D eigenvalue weighted by molar-refractivity contribution is 0.117. The number of benzene rings is 1. The zero-order valence-corrected chi connectivity index (χ0v) is 14.7. The van der Waals surface area contributed by atoms with E-state index in [1.165, 1.54) is 41.7 Å². The van der Waals surface area contributed by atoms with E-state index in [4.69, 9.17) is 4.74 Å². The number of hydrogen-bond donors (Lipinski definition) is 1. The van der Waals surface area contributed by atoms with Gasteiger partial charge in [0.25, 0.3) is 0 Å². The van der Waals surface area contributed by atoms with Crippen LogP contribution >= 0.6 is 0 Å². The minimum absolute atomic E-state index is 0.247. The highest BCUT2D eigenvalue weighted by atomic mass is 16.5. The molecule has 2 aliphatic heterocycles. The molecule has 0 saturated carbocycles. The second-order valence-corrected chi connectivity index (χ2v) is 7.49.